The van der Waals surface area contributed by atoms with Crippen LogP contribution >= 0.6 is 24.8 Å². The number of aliphatic hydroxyl groups excluding tert-OH is 1. The maximum atomic E-state index is 12.7. The number of rotatable bonds is 13. The average Bonchev–Trinajstić information content (AvgIpc) is 3.57. The van der Waals surface area contributed by atoms with E-state index in [1.165, 1.54) is 12.1 Å². The fourth-order valence-corrected chi connectivity index (χ4v) is 7.63. The molecule has 6 aromatic rings. The summed E-state index contributed by atoms with van der Waals surface area (Å²) < 4.78 is 2.17. The molecule has 0 bridgehead atoms. The first kappa shape index (κ1) is 41.3. The summed E-state index contributed by atoms with van der Waals surface area (Å²) in [6.45, 7) is 1.63. The van der Waals surface area contributed by atoms with E-state index in [0.717, 1.165) is 90.5 Å². The van der Waals surface area contributed by atoms with Gasteiger partial charge in [0.15, 0.2) is 0 Å². The van der Waals surface area contributed by atoms with Gasteiger partial charge in [0, 0.05) is 48.7 Å². The summed E-state index contributed by atoms with van der Waals surface area (Å²) in [6.07, 6.45) is 5.98. The summed E-state index contributed by atoms with van der Waals surface area (Å²) >= 11 is 0. The third-order valence-corrected chi connectivity index (χ3v) is 10.5. The highest BCUT2D eigenvalue weighted by Gasteiger charge is 2.30. The molecule has 13 heteroatoms. The van der Waals surface area contributed by atoms with Crippen LogP contribution < -0.4 is 21.5 Å². The summed E-state index contributed by atoms with van der Waals surface area (Å²) in [7, 11) is 0. The largest absolute Gasteiger partial charge is 0.506 e. The van der Waals surface area contributed by atoms with Crippen molar-refractivity contribution in [3.8, 4) is 16.9 Å². The number of fused-ring (bicyclic) bond motifs is 2. The molecule has 0 aliphatic heterocycles. The Bertz CT molecular complexity index is 2270. The van der Waals surface area contributed by atoms with Gasteiger partial charge >= 0.3 is 6.09 Å². The molecule has 7 rings (SSSR count). The fraction of sp³-hybridized carbons (Fsp3) is 0.310. The van der Waals surface area contributed by atoms with Crippen molar-refractivity contribution in [3.05, 3.63) is 124 Å². The van der Waals surface area contributed by atoms with Gasteiger partial charge in [-0.1, -0.05) is 54.6 Å². The number of carbonyl (C=O) groups is 1. The predicted octanol–water partition coefficient (Wildman–Crippen LogP) is 7.69. The van der Waals surface area contributed by atoms with E-state index in [0.29, 0.717) is 23.0 Å². The standard InChI is InChI=1S/C42H46N6O5.2ClH/c43-30-11-13-31(14-12-30)48(42(52)53)37-23-27(9-15-32(37)29-7-2-1-3-8-29)6-4-5-21-47-26-45-35-22-28(10-18-36(35)47)24-44-25-39(50)33-16-19-38(49)41-34(33)17-20-40(51)46-41;;/h1-3,7-10,15-20,22-23,26,30-31,39,44,49-50H,4-6,11-14,21,24-25,43H2,(H,46,51)(H,52,53);2*1H/t30?,31?,39-;;/m1../s1. The molecule has 1 fully saturated rings. The summed E-state index contributed by atoms with van der Waals surface area (Å²) in [5, 5.41) is 35.4. The predicted molar refractivity (Wildman–Crippen MR) is 223 cm³/mol. The zero-order valence-electron chi connectivity index (χ0n) is 30.4. The number of amides is 1. The van der Waals surface area contributed by atoms with Gasteiger partial charge in [-0.15, -0.1) is 24.8 Å². The number of unbranched alkanes of at least 4 members (excludes halogenated alkanes) is 1. The number of nitrogens with zero attached hydrogens (tertiary/aromatic N) is 3. The molecule has 2 aromatic heterocycles. The number of imidazole rings is 1. The molecule has 1 atom stereocenters. The summed E-state index contributed by atoms with van der Waals surface area (Å²) in [5.41, 5.74) is 13.5. The van der Waals surface area contributed by atoms with Crippen molar-refractivity contribution >= 4 is 58.5 Å². The maximum Gasteiger partial charge on any atom is 0.412 e. The minimum absolute atomic E-state index is 0. The fourth-order valence-electron chi connectivity index (χ4n) is 7.63. The van der Waals surface area contributed by atoms with Crippen molar-refractivity contribution in [2.45, 2.75) is 76.2 Å². The van der Waals surface area contributed by atoms with E-state index in [9.17, 15) is 24.9 Å². The summed E-state index contributed by atoms with van der Waals surface area (Å²) in [5.74, 6) is -0.0394. The number of halogens is 2. The molecular weight excluding hydrogens is 739 g/mol. The van der Waals surface area contributed by atoms with Gasteiger partial charge in [-0.3, -0.25) is 9.69 Å². The normalized spacial score (nSPS) is 16.0. The third kappa shape index (κ3) is 9.49. The second-order valence-corrected chi connectivity index (χ2v) is 14.1. The van der Waals surface area contributed by atoms with Crippen molar-refractivity contribution in [1.82, 2.24) is 19.9 Å². The number of aliphatic hydroxyl groups is 1. The van der Waals surface area contributed by atoms with Gasteiger partial charge < -0.3 is 35.9 Å². The van der Waals surface area contributed by atoms with Crippen molar-refractivity contribution in [2.24, 2.45) is 5.73 Å². The number of nitrogens with two attached hydrogens (primary N) is 1. The number of carboxylic acid groups (broad SMARTS) is 1. The Hall–Kier alpha value is -4.91. The number of aromatic nitrogens is 3. The van der Waals surface area contributed by atoms with Crippen LogP contribution in [-0.4, -0.2) is 54.6 Å². The molecule has 4 aromatic carbocycles. The van der Waals surface area contributed by atoms with Crippen LogP contribution in [-0.2, 0) is 19.5 Å². The van der Waals surface area contributed by atoms with Crippen LogP contribution in [0.2, 0.25) is 0 Å². The van der Waals surface area contributed by atoms with Crippen LogP contribution in [0.15, 0.2) is 102 Å². The number of phenols is 1. The Labute approximate surface area is 332 Å². The SMILES string of the molecule is Cl.Cl.NC1CCC(N(C(=O)O)c2cc(CCCCn3cnc4cc(CNC[C@@H](O)c5ccc(O)c6[nH]c(=O)ccc56)ccc43)ccc2-c2ccccc2)CC1. The van der Waals surface area contributed by atoms with Crippen LogP contribution in [0.5, 0.6) is 5.75 Å². The van der Waals surface area contributed by atoms with Gasteiger partial charge in [-0.05, 0) is 97.5 Å². The van der Waals surface area contributed by atoms with Crippen molar-refractivity contribution in [1.29, 1.82) is 0 Å². The number of pyridine rings is 1. The Balaban J connectivity index is 0.00000290. The Morgan fingerprint density at radius 1 is 0.945 bits per heavy atom. The molecule has 11 nitrogen and oxygen atoms in total. The van der Waals surface area contributed by atoms with E-state index in [4.69, 9.17) is 5.73 Å². The van der Waals surface area contributed by atoms with Crippen LogP contribution in [0.1, 0.15) is 61.3 Å². The highest BCUT2D eigenvalue weighted by molar-refractivity contribution is 5.94. The maximum absolute atomic E-state index is 12.7. The molecule has 1 aliphatic carbocycles. The second kappa shape index (κ2) is 18.6. The Morgan fingerprint density at radius 2 is 1.71 bits per heavy atom. The molecule has 1 aliphatic rings. The van der Waals surface area contributed by atoms with Crippen molar-refractivity contribution in [2.75, 3.05) is 11.4 Å². The summed E-state index contributed by atoms with van der Waals surface area (Å²) in [4.78, 5) is 33.4. The number of phenolic OH excluding ortho intramolecular Hbond substituents is 1. The second-order valence-electron chi connectivity index (χ2n) is 14.1. The molecule has 290 valence electrons. The lowest BCUT2D eigenvalue weighted by Crippen LogP contribution is -2.44. The van der Waals surface area contributed by atoms with E-state index in [2.05, 4.69) is 56.3 Å². The zero-order valence-corrected chi connectivity index (χ0v) is 32.1. The number of nitrogens with one attached hydrogen (secondary N) is 2. The molecule has 0 radical (unpaired) electrons. The quantitative estimate of drug-likeness (QED) is 0.0648. The molecule has 1 saturated carbocycles. The monoisotopic (exact) mass is 786 g/mol. The molecule has 2 heterocycles. The summed E-state index contributed by atoms with van der Waals surface area (Å²) in [6, 6.07) is 28.6. The Kier molecular flexibility index (Phi) is 14.0. The average molecular weight is 788 g/mol. The highest BCUT2D eigenvalue weighted by Crippen LogP contribution is 2.37. The van der Waals surface area contributed by atoms with Gasteiger partial charge in [0.2, 0.25) is 5.56 Å². The molecule has 1 amide bonds. The molecule has 7 N–H and O–H groups in total. The highest BCUT2D eigenvalue weighted by atomic mass is 35.5. The van der Waals surface area contributed by atoms with Crippen LogP contribution in [0, 0.1) is 0 Å². The smallest absolute Gasteiger partial charge is 0.412 e. The molecule has 0 saturated heterocycles. The number of aromatic hydroxyl groups is 1. The number of H-pyrrole nitrogens is 1. The lowest BCUT2D eigenvalue weighted by Gasteiger charge is -2.35. The molecule has 0 unspecified atom stereocenters. The first-order valence-corrected chi connectivity index (χ1v) is 18.4. The van der Waals surface area contributed by atoms with Crippen LogP contribution in [0.3, 0.4) is 0 Å². The number of hydrogen-bond acceptors (Lipinski definition) is 7. The minimum atomic E-state index is -0.925. The van der Waals surface area contributed by atoms with Crippen molar-refractivity contribution < 1.29 is 20.1 Å². The first-order valence-electron chi connectivity index (χ1n) is 18.4. The number of hydrogen-bond donors (Lipinski definition) is 6. The van der Waals surface area contributed by atoms with E-state index in [1.807, 2.05) is 36.7 Å². The Morgan fingerprint density at radius 3 is 2.47 bits per heavy atom. The van der Waals surface area contributed by atoms with Gasteiger partial charge in [0.05, 0.1) is 34.7 Å². The molecular formula is C42H48Cl2N6O5. The van der Waals surface area contributed by atoms with Crippen LogP contribution in [0.4, 0.5) is 10.5 Å². The van der Waals surface area contributed by atoms with Gasteiger partial charge in [0.1, 0.15) is 5.75 Å². The zero-order chi connectivity index (χ0) is 36.9. The van der Waals surface area contributed by atoms with Gasteiger partial charge in [-0.2, -0.15) is 0 Å². The van der Waals surface area contributed by atoms with Crippen LogP contribution in [0.25, 0.3) is 33.1 Å². The molecule has 55 heavy (non-hydrogen) atoms. The van der Waals surface area contributed by atoms with Gasteiger partial charge in [0.25, 0.3) is 0 Å². The number of anilines is 1. The third-order valence-electron chi connectivity index (χ3n) is 10.5. The number of aryl methyl sites for hydroxylation is 2. The van der Waals surface area contributed by atoms with E-state index in [-0.39, 0.29) is 54.8 Å². The van der Waals surface area contributed by atoms with E-state index >= 15 is 0 Å². The van der Waals surface area contributed by atoms with Gasteiger partial charge in [-0.25, -0.2) is 9.78 Å². The first-order chi connectivity index (χ1) is 25.7. The lowest BCUT2D eigenvalue weighted by molar-refractivity contribution is 0.176. The molecule has 0 spiro atoms. The minimum Gasteiger partial charge on any atom is -0.506 e. The number of aromatic amines is 1. The number of benzene rings is 4. The van der Waals surface area contributed by atoms with E-state index < -0.39 is 12.2 Å². The van der Waals surface area contributed by atoms with E-state index in [1.54, 1.807) is 17.0 Å². The topological polar surface area (TPSA) is 170 Å². The lowest BCUT2D eigenvalue weighted by atomic mass is 9.89. The van der Waals surface area contributed by atoms with Crippen molar-refractivity contribution in [3.63, 3.8) is 0 Å².